The summed E-state index contributed by atoms with van der Waals surface area (Å²) < 4.78 is 10.9. The van der Waals surface area contributed by atoms with Gasteiger partial charge < -0.3 is 24.2 Å². The van der Waals surface area contributed by atoms with Gasteiger partial charge in [0.1, 0.15) is 12.2 Å². The van der Waals surface area contributed by atoms with Crippen molar-refractivity contribution in [1.82, 2.24) is 9.80 Å². The van der Waals surface area contributed by atoms with Crippen LogP contribution in [0.15, 0.2) is 60.7 Å². The van der Waals surface area contributed by atoms with Crippen molar-refractivity contribution in [3.8, 4) is 0 Å². The first kappa shape index (κ1) is 28.1. The maximum absolute atomic E-state index is 12.4. The molecule has 2 aromatic rings. The Bertz CT molecular complexity index is 1040. The van der Waals surface area contributed by atoms with E-state index in [9.17, 15) is 9.59 Å². The van der Waals surface area contributed by atoms with Crippen LogP contribution in [0.5, 0.6) is 0 Å². The molecule has 0 radical (unpaired) electrons. The predicted molar refractivity (Wildman–Crippen MR) is 149 cm³/mol. The monoisotopic (exact) mass is 507 g/mol. The molecule has 37 heavy (non-hydrogen) atoms. The first-order chi connectivity index (χ1) is 17.8. The Kier molecular flexibility index (Phi) is 10.0. The van der Waals surface area contributed by atoms with Gasteiger partial charge in [-0.2, -0.15) is 0 Å². The van der Waals surface area contributed by atoms with Gasteiger partial charge in [-0.15, -0.1) is 0 Å². The van der Waals surface area contributed by atoms with Crippen molar-refractivity contribution in [3.63, 3.8) is 0 Å². The number of hydrogen-bond acceptors (Lipinski definition) is 5. The number of nitrogens with zero attached hydrogens (tertiary/aromatic N) is 3. The van der Waals surface area contributed by atoms with Gasteiger partial charge in [-0.3, -0.25) is 0 Å². The first-order valence-corrected chi connectivity index (χ1v) is 13.3. The lowest BCUT2D eigenvalue weighted by Crippen LogP contribution is -2.50. The molecule has 2 aliphatic rings. The topological polar surface area (TPSA) is 62.3 Å². The van der Waals surface area contributed by atoms with Crippen LogP contribution in [0, 0.1) is 0 Å². The van der Waals surface area contributed by atoms with Crippen molar-refractivity contribution in [3.05, 3.63) is 71.8 Å². The predicted octanol–water partition coefficient (Wildman–Crippen LogP) is 6.20. The molecule has 2 aromatic carbocycles. The van der Waals surface area contributed by atoms with Crippen molar-refractivity contribution < 1.29 is 19.1 Å². The number of carbonyl (C=O) groups excluding carboxylic acids is 2. The molecule has 0 aromatic heterocycles. The molecule has 0 spiro atoms. The molecular formula is C30H41N3O4. The summed E-state index contributed by atoms with van der Waals surface area (Å²) in [5, 5.41) is 0. The van der Waals surface area contributed by atoms with E-state index in [1.807, 2.05) is 65.0 Å². The third-order valence-corrected chi connectivity index (χ3v) is 6.21. The van der Waals surface area contributed by atoms with Crippen LogP contribution in [0.4, 0.5) is 15.3 Å². The molecule has 0 N–H and O–H groups in total. The number of carbonyl (C=O) groups is 2. The molecule has 200 valence electrons. The lowest BCUT2D eigenvalue weighted by molar-refractivity contribution is 0.0240. The van der Waals surface area contributed by atoms with E-state index in [4.69, 9.17) is 9.47 Å². The maximum Gasteiger partial charge on any atom is 0.410 e. The Morgan fingerprint density at radius 3 is 2.03 bits per heavy atom. The Morgan fingerprint density at radius 1 is 0.811 bits per heavy atom. The number of amides is 2. The molecule has 0 aliphatic carbocycles. The second kappa shape index (κ2) is 13.2. The van der Waals surface area contributed by atoms with Crippen molar-refractivity contribution in [2.45, 2.75) is 53.2 Å². The van der Waals surface area contributed by atoms with E-state index in [2.05, 4.69) is 35.2 Å². The maximum atomic E-state index is 12.4. The number of ether oxygens (including phenoxy) is 2. The van der Waals surface area contributed by atoms with Crippen LogP contribution < -0.4 is 4.90 Å². The van der Waals surface area contributed by atoms with E-state index in [0.29, 0.717) is 32.8 Å². The molecule has 1 fully saturated rings. The highest BCUT2D eigenvalue weighted by atomic mass is 16.6. The van der Waals surface area contributed by atoms with Crippen LogP contribution in [0.3, 0.4) is 0 Å². The molecule has 0 unspecified atom stereocenters. The Hall–Kier alpha value is -3.48. The van der Waals surface area contributed by atoms with E-state index in [1.165, 1.54) is 11.1 Å². The highest BCUT2D eigenvalue weighted by Gasteiger charge is 2.26. The van der Waals surface area contributed by atoms with Crippen molar-refractivity contribution in [2.24, 2.45) is 0 Å². The fourth-order valence-electron chi connectivity index (χ4n) is 4.27. The molecule has 1 saturated heterocycles. The third kappa shape index (κ3) is 8.27. The van der Waals surface area contributed by atoms with Gasteiger partial charge in [0, 0.05) is 45.0 Å². The summed E-state index contributed by atoms with van der Waals surface area (Å²) in [6, 6.07) is 18.3. The molecule has 7 heteroatoms. The zero-order chi connectivity index (χ0) is 26.8. The lowest BCUT2D eigenvalue weighted by atomic mass is 9.99. The van der Waals surface area contributed by atoms with Gasteiger partial charge in [0.2, 0.25) is 0 Å². The number of anilines is 1. The van der Waals surface area contributed by atoms with E-state index in [1.54, 1.807) is 9.80 Å². The number of piperazine rings is 1. The Balaban J connectivity index is 0.00000186. The zero-order valence-corrected chi connectivity index (χ0v) is 22.9. The van der Waals surface area contributed by atoms with Gasteiger partial charge in [-0.25, -0.2) is 9.59 Å². The fourth-order valence-corrected chi connectivity index (χ4v) is 4.27. The minimum Gasteiger partial charge on any atom is -0.445 e. The molecule has 2 aliphatic heterocycles. The number of hydrogen-bond donors (Lipinski definition) is 0. The summed E-state index contributed by atoms with van der Waals surface area (Å²) in [4.78, 5) is 30.5. The van der Waals surface area contributed by atoms with Gasteiger partial charge >= 0.3 is 12.2 Å². The molecule has 0 atom stereocenters. The van der Waals surface area contributed by atoms with E-state index < -0.39 is 5.60 Å². The summed E-state index contributed by atoms with van der Waals surface area (Å²) >= 11 is 0. The zero-order valence-electron chi connectivity index (χ0n) is 22.9. The SMILES string of the molecule is CC.CC(C)(C)OC(=O)N1CCN(c2ccc(C3=CCN(C(=O)OCc4ccccc4)CC3)cc2)CC1. The van der Waals surface area contributed by atoms with Crippen molar-refractivity contribution >= 4 is 23.4 Å². The Labute approximate surface area is 221 Å². The van der Waals surface area contributed by atoms with Crippen LogP contribution in [-0.2, 0) is 16.1 Å². The van der Waals surface area contributed by atoms with Crippen molar-refractivity contribution in [2.75, 3.05) is 44.2 Å². The fraction of sp³-hybridized carbons (Fsp3) is 0.467. The molecular weight excluding hydrogens is 466 g/mol. The second-order valence-electron chi connectivity index (χ2n) is 9.97. The summed E-state index contributed by atoms with van der Waals surface area (Å²) in [6.45, 7) is 14.0. The van der Waals surface area contributed by atoms with Gasteiger partial charge in [-0.05, 0) is 56.0 Å². The largest absolute Gasteiger partial charge is 0.445 e. The highest BCUT2D eigenvalue weighted by molar-refractivity contribution is 5.73. The minimum atomic E-state index is -0.475. The summed E-state index contributed by atoms with van der Waals surface area (Å²) in [7, 11) is 0. The van der Waals surface area contributed by atoms with Crippen molar-refractivity contribution in [1.29, 1.82) is 0 Å². The first-order valence-electron chi connectivity index (χ1n) is 13.3. The molecule has 2 heterocycles. The molecule has 4 rings (SSSR count). The average Bonchev–Trinajstić information content (AvgIpc) is 2.93. The normalized spacial score (nSPS) is 15.8. The van der Waals surface area contributed by atoms with Crippen LogP contribution in [0.25, 0.3) is 5.57 Å². The molecule has 0 saturated carbocycles. The van der Waals surface area contributed by atoms with E-state index in [0.717, 1.165) is 30.8 Å². The molecule has 7 nitrogen and oxygen atoms in total. The van der Waals surface area contributed by atoms with Gasteiger partial charge in [0.05, 0.1) is 0 Å². The van der Waals surface area contributed by atoms with Gasteiger partial charge in [-0.1, -0.05) is 62.4 Å². The Morgan fingerprint density at radius 2 is 1.46 bits per heavy atom. The lowest BCUT2D eigenvalue weighted by Gasteiger charge is -2.36. The van der Waals surface area contributed by atoms with Crippen LogP contribution in [0.1, 0.15) is 52.2 Å². The third-order valence-electron chi connectivity index (χ3n) is 6.21. The quantitative estimate of drug-likeness (QED) is 0.493. The van der Waals surface area contributed by atoms with Gasteiger partial charge in [0.25, 0.3) is 0 Å². The summed E-state index contributed by atoms with van der Waals surface area (Å²) in [6.07, 6.45) is 2.40. The second-order valence-corrected chi connectivity index (χ2v) is 9.97. The highest BCUT2D eigenvalue weighted by Crippen LogP contribution is 2.26. The van der Waals surface area contributed by atoms with E-state index in [-0.39, 0.29) is 12.2 Å². The van der Waals surface area contributed by atoms with Gasteiger partial charge in [0.15, 0.2) is 0 Å². The minimum absolute atomic E-state index is 0.241. The summed E-state index contributed by atoms with van der Waals surface area (Å²) in [5.41, 5.74) is 4.09. The number of rotatable bonds is 4. The summed E-state index contributed by atoms with van der Waals surface area (Å²) in [5.74, 6) is 0. The van der Waals surface area contributed by atoms with Crippen LogP contribution >= 0.6 is 0 Å². The van der Waals surface area contributed by atoms with Crippen LogP contribution in [0.2, 0.25) is 0 Å². The molecule has 2 amide bonds. The van der Waals surface area contributed by atoms with Crippen LogP contribution in [-0.4, -0.2) is 66.9 Å². The number of benzene rings is 2. The molecule has 0 bridgehead atoms. The smallest absolute Gasteiger partial charge is 0.410 e. The standard InChI is InChI=1S/C28H35N3O4.C2H6/c1-28(2,3)35-27(33)31-19-17-29(18-20-31)25-11-9-23(10-12-25)24-13-15-30(16-14-24)26(32)34-21-22-7-5-4-6-8-22;1-2/h4-13H,14-21H2,1-3H3;1-2H3. The van der Waals surface area contributed by atoms with E-state index >= 15 is 0 Å². The average molecular weight is 508 g/mol.